The van der Waals surface area contributed by atoms with E-state index in [9.17, 15) is 19.5 Å². The molecule has 1 heterocycles. The molecule has 1 saturated carbocycles. The fourth-order valence-electron chi connectivity index (χ4n) is 2.74. The zero-order chi connectivity index (χ0) is 14.6. The quantitative estimate of drug-likeness (QED) is 0.750. The molecule has 0 radical (unpaired) electrons. The lowest BCUT2D eigenvalue weighted by Crippen LogP contribution is -2.56. The van der Waals surface area contributed by atoms with Crippen molar-refractivity contribution in [3.63, 3.8) is 0 Å². The molecule has 0 bridgehead atoms. The summed E-state index contributed by atoms with van der Waals surface area (Å²) in [6, 6.07) is 0. The first kappa shape index (κ1) is 15.2. The summed E-state index contributed by atoms with van der Waals surface area (Å²) < 4.78 is 0. The lowest BCUT2D eigenvalue weighted by atomic mass is 9.90. The number of rotatable bonds is 4. The lowest BCUT2D eigenvalue weighted by molar-refractivity contribution is -0.148. The predicted octanol–water partition coefficient (Wildman–Crippen LogP) is 0.813. The Labute approximate surface area is 122 Å². The van der Waals surface area contributed by atoms with Crippen LogP contribution in [0.4, 0.5) is 0 Å². The summed E-state index contributed by atoms with van der Waals surface area (Å²) in [5.41, 5.74) is -1.15. The van der Waals surface area contributed by atoms with Crippen molar-refractivity contribution in [2.45, 2.75) is 44.1 Å². The number of carboxylic acids is 1. The van der Waals surface area contributed by atoms with Crippen molar-refractivity contribution in [1.82, 2.24) is 10.2 Å². The summed E-state index contributed by atoms with van der Waals surface area (Å²) in [5.74, 6) is -0.487. The van der Waals surface area contributed by atoms with Crippen LogP contribution in [0.5, 0.6) is 0 Å². The molecule has 0 aromatic rings. The molecule has 0 aromatic carbocycles. The molecule has 2 aliphatic rings. The molecule has 2 N–H and O–H groups in total. The number of amides is 2. The predicted molar refractivity (Wildman–Crippen MR) is 75.2 cm³/mol. The van der Waals surface area contributed by atoms with Crippen LogP contribution in [-0.2, 0) is 14.4 Å². The molecule has 20 heavy (non-hydrogen) atoms. The number of nitrogens with one attached hydrogen (secondary N) is 1. The molecular weight excluding hydrogens is 280 g/mol. The van der Waals surface area contributed by atoms with E-state index in [1.54, 1.807) is 0 Å². The number of nitrogens with zero attached hydrogens (tertiary/aromatic N) is 1. The summed E-state index contributed by atoms with van der Waals surface area (Å²) in [6.45, 7) is -0.0408. The molecule has 2 fully saturated rings. The number of aliphatic carboxylic acids is 1. The number of carbonyl (C=O) groups is 3. The Morgan fingerprint density at radius 1 is 1.25 bits per heavy atom. The maximum atomic E-state index is 12.1. The van der Waals surface area contributed by atoms with Gasteiger partial charge >= 0.3 is 5.97 Å². The standard InChI is InChI=1S/C13H20N2O4S/c16-10(7-15-9-20-8-11(15)17)14-13(12(18)19)5-3-1-2-4-6-13/h1-9H2,(H,14,16)(H,18,19). The van der Waals surface area contributed by atoms with Crippen molar-refractivity contribution in [3.8, 4) is 0 Å². The minimum Gasteiger partial charge on any atom is -0.480 e. The van der Waals surface area contributed by atoms with Crippen LogP contribution >= 0.6 is 11.8 Å². The van der Waals surface area contributed by atoms with Crippen molar-refractivity contribution in [2.75, 3.05) is 18.2 Å². The normalized spacial score (nSPS) is 22.4. The largest absolute Gasteiger partial charge is 0.480 e. The molecule has 1 saturated heterocycles. The molecule has 112 valence electrons. The van der Waals surface area contributed by atoms with Crippen LogP contribution in [0, 0.1) is 0 Å². The van der Waals surface area contributed by atoms with E-state index in [0.29, 0.717) is 24.5 Å². The van der Waals surface area contributed by atoms with Crippen LogP contribution in [0.1, 0.15) is 38.5 Å². The van der Waals surface area contributed by atoms with Crippen molar-refractivity contribution >= 4 is 29.5 Å². The molecule has 6 nitrogen and oxygen atoms in total. The maximum Gasteiger partial charge on any atom is 0.329 e. The van der Waals surface area contributed by atoms with Gasteiger partial charge in [-0.2, -0.15) is 0 Å². The van der Waals surface area contributed by atoms with Crippen molar-refractivity contribution in [2.24, 2.45) is 0 Å². The third-order valence-corrected chi connectivity index (χ3v) is 4.85. The average molecular weight is 300 g/mol. The molecule has 2 rings (SSSR count). The third kappa shape index (κ3) is 3.45. The van der Waals surface area contributed by atoms with Gasteiger partial charge < -0.3 is 15.3 Å². The van der Waals surface area contributed by atoms with E-state index in [-0.39, 0.29) is 18.4 Å². The Hall–Kier alpha value is -1.24. The van der Waals surface area contributed by atoms with E-state index in [0.717, 1.165) is 25.7 Å². The van der Waals surface area contributed by atoms with Gasteiger partial charge in [0.1, 0.15) is 12.1 Å². The molecule has 7 heteroatoms. The van der Waals surface area contributed by atoms with Crippen molar-refractivity contribution < 1.29 is 19.5 Å². The van der Waals surface area contributed by atoms with Crippen LogP contribution in [-0.4, -0.2) is 51.5 Å². The smallest absolute Gasteiger partial charge is 0.329 e. The van der Waals surface area contributed by atoms with Gasteiger partial charge in [-0.15, -0.1) is 11.8 Å². The second kappa shape index (κ2) is 6.47. The summed E-state index contributed by atoms with van der Waals surface area (Å²) >= 11 is 1.47. The van der Waals surface area contributed by atoms with E-state index in [4.69, 9.17) is 0 Å². The molecular formula is C13H20N2O4S. The van der Waals surface area contributed by atoms with Gasteiger partial charge in [0.25, 0.3) is 0 Å². The highest BCUT2D eigenvalue weighted by molar-refractivity contribution is 8.00. The summed E-state index contributed by atoms with van der Waals surface area (Å²) in [5, 5.41) is 12.2. The Bertz CT molecular complexity index is 405. The Morgan fingerprint density at radius 2 is 1.90 bits per heavy atom. The lowest BCUT2D eigenvalue weighted by Gasteiger charge is -2.30. The van der Waals surface area contributed by atoms with Gasteiger partial charge in [-0.05, 0) is 12.8 Å². The van der Waals surface area contributed by atoms with E-state index in [1.165, 1.54) is 16.7 Å². The Kier molecular flexibility index (Phi) is 4.91. The maximum absolute atomic E-state index is 12.1. The zero-order valence-corrected chi connectivity index (χ0v) is 12.2. The minimum absolute atomic E-state index is 0.0408. The SMILES string of the molecule is O=C(CN1CSCC1=O)NC1(C(=O)O)CCCCCC1. The van der Waals surface area contributed by atoms with Gasteiger partial charge in [0, 0.05) is 0 Å². The first-order valence-corrected chi connectivity index (χ1v) is 8.09. The average Bonchev–Trinajstić information content (AvgIpc) is 2.66. The third-order valence-electron chi connectivity index (χ3n) is 3.91. The fraction of sp³-hybridized carbons (Fsp3) is 0.769. The van der Waals surface area contributed by atoms with Crippen LogP contribution in [0.15, 0.2) is 0 Å². The van der Waals surface area contributed by atoms with E-state index >= 15 is 0 Å². The summed E-state index contributed by atoms with van der Waals surface area (Å²) in [6.07, 6.45) is 4.57. The van der Waals surface area contributed by atoms with Crippen LogP contribution in [0.3, 0.4) is 0 Å². The summed E-state index contributed by atoms with van der Waals surface area (Å²) in [4.78, 5) is 36.6. The Balaban J connectivity index is 1.98. The second-order valence-corrected chi connectivity index (χ2v) is 6.37. The van der Waals surface area contributed by atoms with E-state index < -0.39 is 11.5 Å². The second-order valence-electron chi connectivity index (χ2n) is 5.42. The Morgan fingerprint density at radius 3 is 2.40 bits per heavy atom. The minimum atomic E-state index is -1.15. The number of hydrogen-bond acceptors (Lipinski definition) is 4. The van der Waals surface area contributed by atoms with Crippen LogP contribution in [0.2, 0.25) is 0 Å². The molecule has 0 spiro atoms. The number of carbonyl (C=O) groups excluding carboxylic acids is 2. The topological polar surface area (TPSA) is 86.7 Å². The first-order valence-electron chi connectivity index (χ1n) is 6.93. The van der Waals surface area contributed by atoms with Gasteiger partial charge in [0.05, 0.1) is 11.6 Å². The van der Waals surface area contributed by atoms with Crippen molar-refractivity contribution in [1.29, 1.82) is 0 Å². The highest BCUT2D eigenvalue weighted by Gasteiger charge is 2.40. The molecule has 2 amide bonds. The van der Waals surface area contributed by atoms with E-state index in [2.05, 4.69) is 5.32 Å². The fourth-order valence-corrected chi connectivity index (χ4v) is 3.65. The zero-order valence-electron chi connectivity index (χ0n) is 11.4. The monoisotopic (exact) mass is 300 g/mol. The molecule has 0 unspecified atom stereocenters. The number of carboxylic acid groups (broad SMARTS) is 1. The van der Waals surface area contributed by atoms with Gasteiger partial charge in [-0.1, -0.05) is 25.7 Å². The van der Waals surface area contributed by atoms with Crippen LogP contribution < -0.4 is 5.32 Å². The van der Waals surface area contributed by atoms with Crippen LogP contribution in [0.25, 0.3) is 0 Å². The molecule has 1 aliphatic heterocycles. The molecule has 1 aliphatic carbocycles. The van der Waals surface area contributed by atoms with Gasteiger partial charge in [0.2, 0.25) is 11.8 Å². The van der Waals surface area contributed by atoms with Crippen molar-refractivity contribution in [3.05, 3.63) is 0 Å². The number of thioether (sulfide) groups is 1. The molecule has 0 atom stereocenters. The van der Waals surface area contributed by atoms with Gasteiger partial charge in [0.15, 0.2) is 0 Å². The van der Waals surface area contributed by atoms with Gasteiger partial charge in [-0.25, -0.2) is 4.79 Å². The van der Waals surface area contributed by atoms with Gasteiger partial charge in [-0.3, -0.25) is 9.59 Å². The first-order chi connectivity index (χ1) is 9.53. The summed E-state index contributed by atoms with van der Waals surface area (Å²) in [7, 11) is 0. The highest BCUT2D eigenvalue weighted by Crippen LogP contribution is 2.27. The number of hydrogen-bond donors (Lipinski definition) is 2. The molecule has 0 aromatic heterocycles. The van der Waals surface area contributed by atoms with E-state index in [1.807, 2.05) is 0 Å². The highest BCUT2D eigenvalue weighted by atomic mass is 32.2.